The van der Waals surface area contributed by atoms with Gasteiger partial charge < -0.3 is 5.32 Å². The average Bonchev–Trinajstić information content (AvgIpc) is 3.23. The van der Waals surface area contributed by atoms with Gasteiger partial charge in [0.1, 0.15) is 0 Å². The number of hydrogen-bond donors (Lipinski definition) is 1. The van der Waals surface area contributed by atoms with Gasteiger partial charge in [-0.15, -0.1) is 6.42 Å². The van der Waals surface area contributed by atoms with Crippen molar-refractivity contribution < 1.29 is 0 Å². The number of benzene rings is 1. The average molecular weight is 284 g/mol. The van der Waals surface area contributed by atoms with Crippen LogP contribution in [0.1, 0.15) is 37.8 Å². The molecule has 0 aromatic heterocycles. The summed E-state index contributed by atoms with van der Waals surface area (Å²) in [4.78, 5) is 2.40. The minimum Gasteiger partial charge on any atom is -0.312 e. The van der Waals surface area contributed by atoms with E-state index in [1.165, 1.54) is 24.0 Å². The van der Waals surface area contributed by atoms with Gasteiger partial charge in [-0.3, -0.25) is 4.90 Å². The molecule has 1 N–H and O–H groups in total. The summed E-state index contributed by atoms with van der Waals surface area (Å²) >= 11 is 0. The number of hydrogen-bond acceptors (Lipinski definition) is 2. The van der Waals surface area contributed by atoms with Gasteiger partial charge in [-0.2, -0.15) is 0 Å². The molecular weight excluding hydrogens is 256 g/mol. The maximum Gasteiger partial charge on any atom is 0.0601 e. The molecule has 2 rings (SSSR count). The Balaban J connectivity index is 1.87. The second-order valence-electron chi connectivity index (χ2n) is 6.66. The fourth-order valence-electron chi connectivity index (χ4n) is 2.58. The summed E-state index contributed by atoms with van der Waals surface area (Å²) in [6, 6.07) is 8.88. The number of nitrogens with one attached hydrogen (secondary N) is 1. The highest BCUT2D eigenvalue weighted by atomic mass is 15.1. The van der Waals surface area contributed by atoms with Gasteiger partial charge in [0.2, 0.25) is 0 Å². The molecule has 0 radical (unpaired) electrons. The van der Waals surface area contributed by atoms with Crippen LogP contribution in [0.5, 0.6) is 0 Å². The zero-order valence-electron chi connectivity index (χ0n) is 13.4. The molecule has 0 bridgehead atoms. The maximum absolute atomic E-state index is 5.50. The summed E-state index contributed by atoms with van der Waals surface area (Å²) in [5.41, 5.74) is 2.73. The predicted molar refractivity (Wildman–Crippen MR) is 89.8 cm³/mol. The summed E-state index contributed by atoms with van der Waals surface area (Å²) < 4.78 is 0. The van der Waals surface area contributed by atoms with Crippen LogP contribution in [0, 0.1) is 24.2 Å². The van der Waals surface area contributed by atoms with Crippen molar-refractivity contribution in [3.63, 3.8) is 0 Å². The van der Waals surface area contributed by atoms with Crippen LogP contribution in [-0.4, -0.2) is 24.5 Å². The van der Waals surface area contributed by atoms with Crippen molar-refractivity contribution in [1.82, 2.24) is 10.2 Å². The van der Waals surface area contributed by atoms with Crippen LogP contribution in [0.4, 0.5) is 0 Å². The molecule has 0 spiro atoms. The SMILES string of the molecule is C#CCN(Cc1cccc(CNCC(C)C)c1)CC1CC1. The molecule has 1 fully saturated rings. The molecule has 1 saturated carbocycles. The van der Waals surface area contributed by atoms with Crippen molar-refractivity contribution in [1.29, 1.82) is 0 Å². The van der Waals surface area contributed by atoms with Crippen LogP contribution in [-0.2, 0) is 13.1 Å². The first-order valence-corrected chi connectivity index (χ1v) is 8.11. The first-order chi connectivity index (χ1) is 10.2. The first kappa shape index (κ1) is 16.1. The van der Waals surface area contributed by atoms with Crippen molar-refractivity contribution in [2.75, 3.05) is 19.6 Å². The molecule has 1 aromatic rings. The standard InChI is InChI=1S/C19H28N2/c1-4-10-21(14-17-8-9-17)15-19-7-5-6-18(11-19)13-20-12-16(2)3/h1,5-7,11,16-17,20H,8-10,12-15H2,2-3H3. The molecule has 21 heavy (non-hydrogen) atoms. The quantitative estimate of drug-likeness (QED) is 0.700. The molecule has 1 aliphatic rings. The first-order valence-electron chi connectivity index (χ1n) is 8.11. The Hall–Kier alpha value is -1.30. The van der Waals surface area contributed by atoms with Gasteiger partial charge in [0.05, 0.1) is 6.54 Å². The summed E-state index contributed by atoms with van der Waals surface area (Å²) in [6.07, 6.45) is 8.25. The van der Waals surface area contributed by atoms with E-state index in [0.29, 0.717) is 5.92 Å². The van der Waals surface area contributed by atoms with Gasteiger partial charge in [0, 0.05) is 19.6 Å². The lowest BCUT2D eigenvalue weighted by Crippen LogP contribution is -2.26. The maximum atomic E-state index is 5.50. The van der Waals surface area contributed by atoms with Crippen LogP contribution >= 0.6 is 0 Å². The summed E-state index contributed by atoms with van der Waals surface area (Å²) in [6.45, 7) is 9.36. The van der Waals surface area contributed by atoms with Crippen molar-refractivity contribution in [3.8, 4) is 12.3 Å². The number of rotatable bonds is 9. The van der Waals surface area contributed by atoms with E-state index < -0.39 is 0 Å². The molecule has 2 heteroatoms. The van der Waals surface area contributed by atoms with Crippen molar-refractivity contribution in [3.05, 3.63) is 35.4 Å². The Bertz CT molecular complexity index is 469. The summed E-state index contributed by atoms with van der Waals surface area (Å²) in [5, 5.41) is 3.50. The smallest absolute Gasteiger partial charge is 0.0601 e. The Morgan fingerprint density at radius 2 is 2.10 bits per heavy atom. The van der Waals surface area contributed by atoms with Gasteiger partial charge in [0.25, 0.3) is 0 Å². The van der Waals surface area contributed by atoms with Crippen LogP contribution in [0.25, 0.3) is 0 Å². The van der Waals surface area contributed by atoms with Gasteiger partial charge in [-0.25, -0.2) is 0 Å². The van der Waals surface area contributed by atoms with E-state index >= 15 is 0 Å². The fraction of sp³-hybridized carbons (Fsp3) is 0.579. The lowest BCUT2D eigenvalue weighted by atomic mass is 10.1. The molecule has 1 aromatic carbocycles. The van der Waals surface area contributed by atoms with Gasteiger partial charge in [-0.1, -0.05) is 44.0 Å². The number of terminal acetylenes is 1. The van der Waals surface area contributed by atoms with E-state index in [1.807, 2.05) is 0 Å². The molecule has 0 aliphatic heterocycles. The molecule has 0 atom stereocenters. The Morgan fingerprint density at radius 3 is 2.76 bits per heavy atom. The van der Waals surface area contributed by atoms with E-state index in [4.69, 9.17) is 6.42 Å². The number of nitrogens with zero attached hydrogens (tertiary/aromatic N) is 1. The zero-order valence-corrected chi connectivity index (χ0v) is 13.4. The lowest BCUT2D eigenvalue weighted by molar-refractivity contribution is 0.286. The highest BCUT2D eigenvalue weighted by molar-refractivity contribution is 5.23. The highest BCUT2D eigenvalue weighted by Crippen LogP contribution is 2.30. The molecule has 0 unspecified atom stereocenters. The normalized spacial score (nSPS) is 14.6. The van der Waals surface area contributed by atoms with E-state index in [-0.39, 0.29) is 0 Å². The predicted octanol–water partition coefficient (Wildman–Crippen LogP) is 3.28. The summed E-state index contributed by atoms with van der Waals surface area (Å²) in [5.74, 6) is 4.37. The fourth-order valence-corrected chi connectivity index (χ4v) is 2.58. The van der Waals surface area contributed by atoms with Gasteiger partial charge in [0.15, 0.2) is 0 Å². The van der Waals surface area contributed by atoms with Crippen molar-refractivity contribution >= 4 is 0 Å². The highest BCUT2D eigenvalue weighted by Gasteiger charge is 2.23. The van der Waals surface area contributed by atoms with Crippen molar-refractivity contribution in [2.45, 2.75) is 39.8 Å². The third-order valence-corrected chi connectivity index (χ3v) is 3.81. The molecule has 114 valence electrons. The van der Waals surface area contributed by atoms with Crippen LogP contribution in [0.2, 0.25) is 0 Å². The summed E-state index contributed by atoms with van der Waals surface area (Å²) in [7, 11) is 0. The second-order valence-corrected chi connectivity index (χ2v) is 6.66. The third-order valence-electron chi connectivity index (χ3n) is 3.81. The van der Waals surface area contributed by atoms with E-state index in [1.54, 1.807) is 0 Å². The molecule has 1 aliphatic carbocycles. The Labute approximate surface area is 129 Å². The van der Waals surface area contributed by atoms with Gasteiger partial charge >= 0.3 is 0 Å². The zero-order chi connectivity index (χ0) is 15.1. The largest absolute Gasteiger partial charge is 0.312 e. The molecule has 2 nitrogen and oxygen atoms in total. The molecule has 0 heterocycles. The molecular formula is C19H28N2. The van der Waals surface area contributed by atoms with Crippen molar-refractivity contribution in [2.24, 2.45) is 11.8 Å². The van der Waals surface area contributed by atoms with Gasteiger partial charge in [-0.05, 0) is 42.3 Å². The minimum atomic E-state index is 0.692. The Morgan fingerprint density at radius 1 is 1.33 bits per heavy atom. The van der Waals surface area contributed by atoms with Crippen LogP contribution in [0.3, 0.4) is 0 Å². The topological polar surface area (TPSA) is 15.3 Å². The molecule has 0 saturated heterocycles. The lowest BCUT2D eigenvalue weighted by Gasteiger charge is -2.20. The van der Waals surface area contributed by atoms with E-state index in [0.717, 1.165) is 38.6 Å². The van der Waals surface area contributed by atoms with Crippen LogP contribution in [0.15, 0.2) is 24.3 Å². The van der Waals surface area contributed by atoms with E-state index in [2.05, 4.69) is 54.3 Å². The van der Waals surface area contributed by atoms with E-state index in [9.17, 15) is 0 Å². The minimum absolute atomic E-state index is 0.692. The Kier molecular flexibility index (Phi) is 6.29. The second kappa shape index (κ2) is 8.22. The van der Waals surface area contributed by atoms with Crippen LogP contribution < -0.4 is 5.32 Å². The monoisotopic (exact) mass is 284 g/mol. The molecule has 0 amide bonds. The third kappa shape index (κ3) is 6.33.